The molecule has 2 unspecified atom stereocenters. The normalized spacial score (nSPS) is 25.1. The fourth-order valence-electron chi connectivity index (χ4n) is 2.04. The van der Waals surface area contributed by atoms with Crippen LogP contribution in [0.5, 0.6) is 0 Å². The lowest BCUT2D eigenvalue weighted by Crippen LogP contribution is -2.14. The molecular weight excluding hydrogens is 206 g/mol. The molecule has 5 nitrogen and oxygen atoms in total. The Hall–Kier alpha value is -0.940. The largest absolute Gasteiger partial charge is 0.373 e. The molecule has 0 spiro atoms. The molecule has 16 heavy (non-hydrogen) atoms. The number of ether oxygens (including phenoxy) is 1. The molecule has 1 aliphatic carbocycles. The van der Waals surface area contributed by atoms with Crippen LogP contribution in [0.1, 0.15) is 50.2 Å². The average molecular weight is 225 g/mol. The van der Waals surface area contributed by atoms with Crippen LogP contribution in [-0.2, 0) is 11.3 Å². The number of nitrogens with zero attached hydrogens (tertiary/aromatic N) is 2. The summed E-state index contributed by atoms with van der Waals surface area (Å²) >= 11 is 0. The molecule has 2 N–H and O–H groups in total. The molecular formula is C11H19N3O2. The van der Waals surface area contributed by atoms with Gasteiger partial charge < -0.3 is 15.0 Å². The number of nitrogens with two attached hydrogens (primary N) is 1. The maximum absolute atomic E-state index is 5.85. The van der Waals surface area contributed by atoms with Gasteiger partial charge in [-0.25, -0.2) is 0 Å². The molecule has 2 atom stereocenters. The standard InChI is InChI=1S/C11H19N3O2/c1-2-5-15-7-10-13-11(16-14-10)8-3-4-9(12)6-8/h8-9H,2-7,12H2,1H3. The Morgan fingerprint density at radius 2 is 2.38 bits per heavy atom. The Bertz CT molecular complexity index is 327. The zero-order valence-electron chi connectivity index (χ0n) is 9.69. The first-order valence-electron chi connectivity index (χ1n) is 5.95. The molecule has 0 saturated heterocycles. The van der Waals surface area contributed by atoms with Gasteiger partial charge in [-0.1, -0.05) is 12.1 Å². The number of aromatic nitrogens is 2. The average Bonchev–Trinajstić information content (AvgIpc) is 2.87. The van der Waals surface area contributed by atoms with Gasteiger partial charge in [-0.3, -0.25) is 0 Å². The second kappa shape index (κ2) is 5.41. The van der Waals surface area contributed by atoms with Gasteiger partial charge in [-0.05, 0) is 25.7 Å². The van der Waals surface area contributed by atoms with Crippen LogP contribution in [0.25, 0.3) is 0 Å². The minimum absolute atomic E-state index is 0.289. The molecule has 0 radical (unpaired) electrons. The third-order valence-electron chi connectivity index (χ3n) is 2.89. The van der Waals surface area contributed by atoms with Crippen molar-refractivity contribution in [3.63, 3.8) is 0 Å². The van der Waals surface area contributed by atoms with Gasteiger partial charge in [0, 0.05) is 18.6 Å². The van der Waals surface area contributed by atoms with Gasteiger partial charge in [-0.2, -0.15) is 4.98 Å². The van der Waals surface area contributed by atoms with Crippen LogP contribution in [0.2, 0.25) is 0 Å². The first kappa shape index (κ1) is 11.5. The van der Waals surface area contributed by atoms with E-state index in [1.54, 1.807) is 0 Å². The Morgan fingerprint density at radius 3 is 3.06 bits per heavy atom. The number of rotatable bonds is 5. The molecule has 90 valence electrons. The molecule has 5 heteroatoms. The molecule has 1 saturated carbocycles. The molecule has 0 aromatic carbocycles. The first-order chi connectivity index (χ1) is 7.79. The molecule has 1 aliphatic rings. The maximum Gasteiger partial charge on any atom is 0.229 e. The van der Waals surface area contributed by atoms with Crippen molar-refractivity contribution in [2.75, 3.05) is 6.61 Å². The van der Waals surface area contributed by atoms with Crippen LogP contribution < -0.4 is 5.73 Å². The van der Waals surface area contributed by atoms with E-state index in [0.717, 1.165) is 38.2 Å². The second-order valence-corrected chi connectivity index (χ2v) is 4.37. The van der Waals surface area contributed by atoms with E-state index in [4.69, 9.17) is 15.0 Å². The van der Waals surface area contributed by atoms with Crippen LogP contribution in [-0.4, -0.2) is 22.8 Å². The summed E-state index contributed by atoms with van der Waals surface area (Å²) in [4.78, 5) is 4.34. The second-order valence-electron chi connectivity index (χ2n) is 4.37. The lowest BCUT2D eigenvalue weighted by Gasteiger charge is -2.01. The van der Waals surface area contributed by atoms with E-state index in [2.05, 4.69) is 17.1 Å². The third-order valence-corrected chi connectivity index (χ3v) is 2.89. The molecule has 1 aromatic rings. The van der Waals surface area contributed by atoms with Crippen molar-refractivity contribution < 1.29 is 9.26 Å². The van der Waals surface area contributed by atoms with Crippen molar-refractivity contribution >= 4 is 0 Å². The molecule has 2 rings (SSSR count). The van der Waals surface area contributed by atoms with E-state index >= 15 is 0 Å². The van der Waals surface area contributed by atoms with Crippen LogP contribution in [0.3, 0.4) is 0 Å². The van der Waals surface area contributed by atoms with Crippen molar-refractivity contribution in [2.45, 2.75) is 51.2 Å². The lowest BCUT2D eigenvalue weighted by atomic mass is 10.1. The minimum atomic E-state index is 0.289. The van der Waals surface area contributed by atoms with Crippen molar-refractivity contribution in [3.8, 4) is 0 Å². The van der Waals surface area contributed by atoms with E-state index in [1.807, 2.05) is 0 Å². The summed E-state index contributed by atoms with van der Waals surface area (Å²) in [5.74, 6) is 1.72. The fraction of sp³-hybridized carbons (Fsp3) is 0.818. The van der Waals surface area contributed by atoms with E-state index in [0.29, 0.717) is 18.3 Å². The Morgan fingerprint density at radius 1 is 1.50 bits per heavy atom. The summed E-state index contributed by atoms with van der Waals surface area (Å²) in [6.07, 6.45) is 4.06. The molecule has 1 aromatic heterocycles. The highest BCUT2D eigenvalue weighted by Gasteiger charge is 2.27. The highest BCUT2D eigenvalue weighted by atomic mass is 16.5. The Labute approximate surface area is 95.3 Å². The van der Waals surface area contributed by atoms with E-state index < -0.39 is 0 Å². The summed E-state index contributed by atoms with van der Waals surface area (Å²) in [6.45, 7) is 3.25. The highest BCUT2D eigenvalue weighted by Crippen LogP contribution is 2.32. The summed E-state index contributed by atoms with van der Waals surface area (Å²) in [7, 11) is 0. The topological polar surface area (TPSA) is 74.2 Å². The van der Waals surface area contributed by atoms with Gasteiger partial charge in [0.15, 0.2) is 5.82 Å². The quantitative estimate of drug-likeness (QED) is 0.770. The van der Waals surface area contributed by atoms with Crippen LogP contribution in [0, 0.1) is 0 Å². The van der Waals surface area contributed by atoms with Crippen molar-refractivity contribution in [3.05, 3.63) is 11.7 Å². The molecule has 1 heterocycles. The number of hydrogen-bond donors (Lipinski definition) is 1. The Balaban J connectivity index is 1.87. The smallest absolute Gasteiger partial charge is 0.229 e. The van der Waals surface area contributed by atoms with Gasteiger partial charge >= 0.3 is 0 Å². The minimum Gasteiger partial charge on any atom is -0.373 e. The van der Waals surface area contributed by atoms with Gasteiger partial charge in [0.05, 0.1) is 0 Å². The monoisotopic (exact) mass is 225 g/mol. The van der Waals surface area contributed by atoms with Crippen LogP contribution >= 0.6 is 0 Å². The zero-order chi connectivity index (χ0) is 11.4. The summed E-state index contributed by atoms with van der Waals surface area (Å²) < 4.78 is 10.6. The maximum atomic E-state index is 5.85. The summed E-state index contributed by atoms with van der Waals surface area (Å²) in [5, 5.41) is 3.91. The van der Waals surface area contributed by atoms with Gasteiger partial charge in [0.2, 0.25) is 5.89 Å². The lowest BCUT2D eigenvalue weighted by molar-refractivity contribution is 0.114. The Kier molecular flexibility index (Phi) is 3.90. The molecule has 0 bridgehead atoms. The fourth-order valence-corrected chi connectivity index (χ4v) is 2.04. The SMILES string of the molecule is CCCOCc1noc(C2CCC(N)C2)n1. The summed E-state index contributed by atoms with van der Waals surface area (Å²) in [6, 6.07) is 0.289. The summed E-state index contributed by atoms with van der Waals surface area (Å²) in [5.41, 5.74) is 5.85. The third kappa shape index (κ3) is 2.80. The van der Waals surface area contributed by atoms with Gasteiger partial charge in [0.1, 0.15) is 6.61 Å². The van der Waals surface area contributed by atoms with Crippen LogP contribution in [0.15, 0.2) is 4.52 Å². The van der Waals surface area contributed by atoms with Crippen LogP contribution in [0.4, 0.5) is 0 Å². The van der Waals surface area contributed by atoms with Crippen molar-refractivity contribution in [1.82, 2.24) is 10.1 Å². The van der Waals surface area contributed by atoms with Crippen molar-refractivity contribution in [2.24, 2.45) is 5.73 Å². The number of hydrogen-bond acceptors (Lipinski definition) is 5. The van der Waals surface area contributed by atoms with Crippen molar-refractivity contribution in [1.29, 1.82) is 0 Å². The molecule has 1 fully saturated rings. The van der Waals surface area contributed by atoms with E-state index in [9.17, 15) is 0 Å². The predicted molar refractivity (Wildman–Crippen MR) is 58.8 cm³/mol. The molecule has 0 aliphatic heterocycles. The molecule has 0 amide bonds. The first-order valence-corrected chi connectivity index (χ1v) is 5.95. The van der Waals surface area contributed by atoms with Gasteiger partial charge in [0.25, 0.3) is 0 Å². The highest BCUT2D eigenvalue weighted by molar-refractivity contribution is 4.98. The van der Waals surface area contributed by atoms with E-state index in [-0.39, 0.29) is 6.04 Å². The zero-order valence-corrected chi connectivity index (χ0v) is 9.69. The predicted octanol–water partition coefficient (Wildman–Crippen LogP) is 1.59. The van der Waals surface area contributed by atoms with E-state index in [1.165, 1.54) is 0 Å². The van der Waals surface area contributed by atoms with Gasteiger partial charge in [-0.15, -0.1) is 0 Å².